The third-order valence-corrected chi connectivity index (χ3v) is 6.34. The maximum Gasteiger partial charge on any atom is 0.273 e. The van der Waals surface area contributed by atoms with E-state index in [0.29, 0.717) is 34.6 Å². The number of halogens is 1. The number of aromatic nitrogens is 1. The third-order valence-electron chi connectivity index (χ3n) is 5.25. The molecule has 0 saturated carbocycles. The van der Waals surface area contributed by atoms with Gasteiger partial charge in [0, 0.05) is 13.1 Å². The molecule has 0 aliphatic carbocycles. The second-order valence-electron chi connectivity index (χ2n) is 7.27. The Hall–Kier alpha value is -3.70. The largest absolute Gasteiger partial charge is 0.495 e. The highest BCUT2D eigenvalue weighted by Crippen LogP contribution is 2.20. The van der Waals surface area contributed by atoms with Gasteiger partial charge in [-0.25, -0.2) is 4.39 Å². The molecule has 0 unspecified atom stereocenters. The fraction of sp³-hybridized carbons (Fsp3) is 0.208. The van der Waals surface area contributed by atoms with E-state index in [2.05, 4.69) is 0 Å². The summed E-state index contributed by atoms with van der Waals surface area (Å²) in [5.74, 6) is -0.326. The van der Waals surface area contributed by atoms with Crippen LogP contribution in [0, 0.1) is 17.1 Å². The number of para-hydroxylation sites is 2. The van der Waals surface area contributed by atoms with Crippen molar-refractivity contribution >= 4 is 28.9 Å². The van der Waals surface area contributed by atoms with Gasteiger partial charge in [-0.15, -0.1) is 11.3 Å². The summed E-state index contributed by atoms with van der Waals surface area (Å²) in [6.07, 6.45) is 3.40. The van der Waals surface area contributed by atoms with Crippen molar-refractivity contribution in [2.45, 2.75) is 12.8 Å². The molecule has 1 amide bonds. The second kappa shape index (κ2) is 9.20. The third kappa shape index (κ3) is 4.07. The first-order chi connectivity index (χ1) is 15.5. The molecule has 0 bridgehead atoms. The SMILES string of the molecule is COc1ccccc1-n1c(=O)/c(=C\c2ccc(F)cc2)s/c1=C(/C#N)C(=O)N1CCCC1. The average molecular weight is 450 g/mol. The van der Waals surface area contributed by atoms with E-state index < -0.39 is 0 Å². The number of likely N-dealkylation sites (tertiary alicyclic amines) is 1. The van der Waals surface area contributed by atoms with Gasteiger partial charge in [-0.3, -0.25) is 14.2 Å². The Bertz CT molecular complexity index is 1380. The topological polar surface area (TPSA) is 75.3 Å². The van der Waals surface area contributed by atoms with Gasteiger partial charge in [0.2, 0.25) is 0 Å². The summed E-state index contributed by atoms with van der Waals surface area (Å²) in [6.45, 7) is 1.17. The highest BCUT2D eigenvalue weighted by Gasteiger charge is 2.25. The maximum atomic E-state index is 13.5. The second-order valence-corrected chi connectivity index (χ2v) is 8.30. The molecule has 2 aromatic carbocycles. The van der Waals surface area contributed by atoms with E-state index in [1.165, 1.54) is 23.8 Å². The molecule has 162 valence electrons. The van der Waals surface area contributed by atoms with Gasteiger partial charge in [0.05, 0.1) is 17.3 Å². The molecule has 32 heavy (non-hydrogen) atoms. The van der Waals surface area contributed by atoms with Crippen molar-refractivity contribution in [3.63, 3.8) is 0 Å². The maximum absolute atomic E-state index is 13.5. The van der Waals surface area contributed by atoms with Crippen molar-refractivity contribution in [1.82, 2.24) is 9.47 Å². The van der Waals surface area contributed by atoms with Crippen LogP contribution in [-0.4, -0.2) is 35.6 Å². The first kappa shape index (κ1) is 21.5. The monoisotopic (exact) mass is 449 g/mol. The highest BCUT2D eigenvalue weighted by atomic mass is 32.1. The summed E-state index contributed by atoms with van der Waals surface area (Å²) < 4.78 is 20.6. The molecule has 2 heterocycles. The Morgan fingerprint density at radius 3 is 2.50 bits per heavy atom. The van der Waals surface area contributed by atoms with E-state index in [0.717, 1.165) is 24.2 Å². The van der Waals surface area contributed by atoms with E-state index in [1.54, 1.807) is 47.4 Å². The fourth-order valence-corrected chi connectivity index (χ4v) is 4.75. The number of carbonyl (C=O) groups is 1. The number of thiazole rings is 1. The lowest BCUT2D eigenvalue weighted by atomic mass is 10.2. The standard InChI is InChI=1S/C24H20FN3O3S/c1-31-20-7-3-2-6-19(20)28-23(30)21(14-16-8-10-17(25)11-9-16)32-24(28)18(15-26)22(29)27-12-4-5-13-27/h2-3,6-11,14H,4-5,12-13H2,1H3/b21-14+,24-18-. The Labute approximate surface area is 187 Å². The van der Waals surface area contributed by atoms with Gasteiger partial charge in [-0.1, -0.05) is 24.3 Å². The van der Waals surface area contributed by atoms with Crippen LogP contribution >= 0.6 is 11.3 Å². The van der Waals surface area contributed by atoms with E-state index >= 15 is 0 Å². The normalized spacial score (nSPS) is 14.9. The van der Waals surface area contributed by atoms with E-state index in [9.17, 15) is 19.2 Å². The molecule has 8 heteroatoms. The van der Waals surface area contributed by atoms with Crippen LogP contribution in [0.5, 0.6) is 5.75 Å². The molecular weight excluding hydrogens is 429 g/mol. The molecule has 1 aliphatic rings. The number of carbonyl (C=O) groups excluding carboxylic acids is 1. The minimum Gasteiger partial charge on any atom is -0.495 e. The summed E-state index contributed by atoms with van der Waals surface area (Å²) in [6, 6.07) is 14.7. The van der Waals surface area contributed by atoms with Crippen molar-refractivity contribution in [3.05, 3.63) is 79.5 Å². The van der Waals surface area contributed by atoms with Crippen molar-refractivity contribution in [2.75, 3.05) is 20.2 Å². The van der Waals surface area contributed by atoms with Crippen molar-refractivity contribution in [2.24, 2.45) is 0 Å². The predicted molar refractivity (Wildman–Crippen MR) is 121 cm³/mol. The minimum absolute atomic E-state index is 0.0846. The minimum atomic E-state index is -0.388. The van der Waals surface area contributed by atoms with E-state index in [1.807, 2.05) is 6.07 Å². The Balaban J connectivity index is 2.04. The number of methoxy groups -OCH3 is 1. The number of amides is 1. The zero-order chi connectivity index (χ0) is 22.7. The van der Waals surface area contributed by atoms with E-state index in [-0.39, 0.29) is 27.5 Å². The number of ether oxygens (including phenoxy) is 1. The molecule has 6 nitrogen and oxygen atoms in total. The molecular formula is C24H20FN3O3S. The zero-order valence-electron chi connectivity index (χ0n) is 17.4. The summed E-state index contributed by atoms with van der Waals surface area (Å²) >= 11 is 1.06. The highest BCUT2D eigenvalue weighted by molar-refractivity contribution is 7.07. The molecule has 3 aromatic rings. The molecule has 1 aromatic heterocycles. The predicted octanol–water partition coefficient (Wildman–Crippen LogP) is 2.17. The van der Waals surface area contributed by atoms with Crippen molar-refractivity contribution in [1.29, 1.82) is 5.26 Å². The number of hydrogen-bond acceptors (Lipinski definition) is 5. The molecule has 1 saturated heterocycles. The average Bonchev–Trinajstić information content (AvgIpc) is 3.45. The quantitative estimate of drug-likeness (QED) is 0.612. The lowest BCUT2D eigenvalue weighted by molar-refractivity contribution is -0.123. The van der Waals surface area contributed by atoms with Gasteiger partial charge in [-0.05, 0) is 48.7 Å². The zero-order valence-corrected chi connectivity index (χ0v) is 18.2. The molecule has 0 radical (unpaired) electrons. The van der Waals surface area contributed by atoms with Gasteiger partial charge in [0.25, 0.3) is 11.5 Å². The van der Waals surface area contributed by atoms with Gasteiger partial charge in [-0.2, -0.15) is 5.26 Å². The first-order valence-electron chi connectivity index (χ1n) is 10.1. The van der Waals surface area contributed by atoms with Gasteiger partial charge < -0.3 is 9.64 Å². The van der Waals surface area contributed by atoms with Gasteiger partial charge in [0.15, 0.2) is 5.57 Å². The van der Waals surface area contributed by atoms with Crippen LogP contribution in [-0.2, 0) is 4.79 Å². The lowest BCUT2D eigenvalue weighted by Gasteiger charge is -2.14. The summed E-state index contributed by atoms with van der Waals surface area (Å²) in [4.78, 5) is 28.2. The Kier molecular flexibility index (Phi) is 6.19. The number of hydrogen-bond donors (Lipinski definition) is 0. The smallest absolute Gasteiger partial charge is 0.273 e. The first-order valence-corrected chi connectivity index (χ1v) is 10.9. The molecule has 0 spiro atoms. The van der Waals surface area contributed by atoms with Crippen LogP contribution in [0.2, 0.25) is 0 Å². The fourth-order valence-electron chi connectivity index (χ4n) is 3.66. The Morgan fingerprint density at radius 1 is 1.16 bits per heavy atom. The summed E-state index contributed by atoms with van der Waals surface area (Å²) in [7, 11) is 1.49. The number of rotatable bonds is 4. The van der Waals surface area contributed by atoms with Crippen molar-refractivity contribution < 1.29 is 13.9 Å². The molecule has 1 fully saturated rings. The van der Waals surface area contributed by atoms with Gasteiger partial charge in [0.1, 0.15) is 22.3 Å². The lowest BCUT2D eigenvalue weighted by Crippen LogP contribution is -2.35. The molecule has 0 atom stereocenters. The van der Waals surface area contributed by atoms with E-state index in [4.69, 9.17) is 4.74 Å². The van der Waals surface area contributed by atoms with Crippen LogP contribution in [0.15, 0.2) is 53.3 Å². The number of benzene rings is 2. The molecule has 1 aliphatic heterocycles. The van der Waals surface area contributed by atoms with Gasteiger partial charge >= 0.3 is 0 Å². The van der Waals surface area contributed by atoms with Crippen LogP contribution in [0.4, 0.5) is 4.39 Å². The Morgan fingerprint density at radius 2 is 1.84 bits per heavy atom. The van der Waals surface area contributed by atoms with Crippen molar-refractivity contribution in [3.8, 4) is 17.5 Å². The van der Waals surface area contributed by atoms with Crippen LogP contribution in [0.25, 0.3) is 17.3 Å². The molecule has 4 rings (SSSR count). The van der Waals surface area contributed by atoms with Crippen LogP contribution in [0.1, 0.15) is 18.4 Å². The molecule has 0 N–H and O–H groups in total. The summed E-state index contributed by atoms with van der Waals surface area (Å²) in [5, 5.41) is 9.90. The summed E-state index contributed by atoms with van der Waals surface area (Å²) in [5.41, 5.74) is 0.597. The number of nitriles is 1. The van der Waals surface area contributed by atoms with Crippen LogP contribution < -0.4 is 19.5 Å². The number of nitrogens with zero attached hydrogens (tertiary/aromatic N) is 3. The van der Waals surface area contributed by atoms with Crippen LogP contribution in [0.3, 0.4) is 0 Å².